The Balaban J connectivity index is 1.73. The average molecular weight is 418 g/mol. The minimum atomic E-state index is 0.718. The summed E-state index contributed by atoms with van der Waals surface area (Å²) in [5.74, 6) is 2.25. The summed E-state index contributed by atoms with van der Waals surface area (Å²) < 4.78 is 13.1. The molecule has 0 radical (unpaired) electrons. The number of imidazole rings is 1. The molecule has 150 valence electrons. The molecule has 2 heterocycles. The highest BCUT2D eigenvalue weighted by Gasteiger charge is 2.13. The van der Waals surface area contributed by atoms with Gasteiger partial charge in [0.15, 0.2) is 16.7 Å². The molecule has 5 nitrogen and oxygen atoms in total. The Morgan fingerprint density at radius 1 is 1.11 bits per heavy atom. The quantitative estimate of drug-likeness (QED) is 0.416. The number of thiazole rings is 1. The van der Waals surface area contributed by atoms with Gasteiger partial charge in [-0.05, 0) is 38.5 Å². The third-order valence-electron chi connectivity index (χ3n) is 4.69. The van der Waals surface area contributed by atoms with Crippen molar-refractivity contribution < 1.29 is 9.47 Å². The molecule has 0 spiro atoms. The van der Waals surface area contributed by atoms with Crippen molar-refractivity contribution in [1.29, 1.82) is 0 Å². The van der Waals surface area contributed by atoms with E-state index in [4.69, 9.17) is 19.4 Å². The van der Waals surface area contributed by atoms with Gasteiger partial charge in [-0.3, -0.25) is 0 Å². The van der Waals surface area contributed by atoms with Gasteiger partial charge in [-0.2, -0.15) is 0 Å². The van der Waals surface area contributed by atoms with Crippen LogP contribution in [-0.4, -0.2) is 28.8 Å². The zero-order chi connectivity index (χ0) is 20.1. The second-order valence-corrected chi connectivity index (χ2v) is 8.37. The zero-order valence-electron chi connectivity index (χ0n) is 17.1. The van der Waals surface area contributed by atoms with E-state index in [1.165, 1.54) is 18.5 Å². The predicted molar refractivity (Wildman–Crippen MR) is 117 cm³/mol. The van der Waals surface area contributed by atoms with E-state index in [0.29, 0.717) is 0 Å². The van der Waals surface area contributed by atoms with Gasteiger partial charge in [-0.1, -0.05) is 25.1 Å². The van der Waals surface area contributed by atoms with Crippen LogP contribution >= 0.6 is 23.1 Å². The first-order chi connectivity index (χ1) is 13.6. The molecule has 2 aromatic heterocycles. The molecule has 3 aromatic rings. The summed E-state index contributed by atoms with van der Waals surface area (Å²) in [6, 6.07) is 5.90. The molecule has 0 unspecified atom stereocenters. The topological polar surface area (TPSA) is 49.2 Å². The van der Waals surface area contributed by atoms with Gasteiger partial charge in [-0.15, -0.1) is 11.3 Å². The molecule has 0 amide bonds. The number of thioether (sulfide) groups is 1. The largest absolute Gasteiger partial charge is 0.493 e. The van der Waals surface area contributed by atoms with E-state index in [9.17, 15) is 0 Å². The van der Waals surface area contributed by atoms with Gasteiger partial charge < -0.3 is 14.0 Å². The van der Waals surface area contributed by atoms with Crippen molar-refractivity contribution in [2.45, 2.75) is 51.1 Å². The maximum atomic E-state index is 5.41. The van der Waals surface area contributed by atoms with Crippen molar-refractivity contribution >= 4 is 23.1 Å². The molecule has 0 aliphatic heterocycles. The van der Waals surface area contributed by atoms with E-state index in [2.05, 4.69) is 30.7 Å². The van der Waals surface area contributed by atoms with Crippen LogP contribution in [0.3, 0.4) is 0 Å². The number of methoxy groups -OCH3 is 2. The number of aryl methyl sites for hydroxylation is 1. The summed E-state index contributed by atoms with van der Waals surface area (Å²) in [5, 5.41) is 4.19. The molecule has 1 aromatic carbocycles. The summed E-state index contributed by atoms with van der Waals surface area (Å²) >= 11 is 3.41. The lowest BCUT2D eigenvalue weighted by atomic mass is 10.2. The van der Waals surface area contributed by atoms with Crippen molar-refractivity contribution in [3.05, 3.63) is 40.7 Å². The molecule has 0 saturated carbocycles. The maximum Gasteiger partial charge on any atom is 0.168 e. The Morgan fingerprint density at radius 2 is 1.89 bits per heavy atom. The summed E-state index contributed by atoms with van der Waals surface area (Å²) in [4.78, 5) is 9.57. The first-order valence-corrected chi connectivity index (χ1v) is 11.3. The lowest BCUT2D eigenvalue weighted by molar-refractivity contribution is 0.355. The van der Waals surface area contributed by atoms with Crippen molar-refractivity contribution in [1.82, 2.24) is 14.5 Å². The number of ether oxygens (including phenoxy) is 2. The normalized spacial score (nSPS) is 11.0. The first-order valence-electron chi connectivity index (χ1n) is 9.40. The van der Waals surface area contributed by atoms with Gasteiger partial charge >= 0.3 is 0 Å². The highest BCUT2D eigenvalue weighted by molar-refractivity contribution is 7.98. The molecule has 0 N–H and O–H groups in total. The Bertz CT molecular complexity index is 934. The smallest absolute Gasteiger partial charge is 0.168 e. The lowest BCUT2D eigenvalue weighted by Crippen LogP contribution is -2.02. The number of unbranched alkanes of at least 4 members (excludes halogenated alkanes) is 1. The van der Waals surface area contributed by atoms with Gasteiger partial charge in [0.25, 0.3) is 0 Å². The van der Waals surface area contributed by atoms with Gasteiger partial charge in [0.2, 0.25) is 0 Å². The number of aromatic nitrogens is 3. The molecule has 3 rings (SSSR count). The fourth-order valence-electron chi connectivity index (χ4n) is 2.93. The van der Waals surface area contributed by atoms with Crippen molar-refractivity contribution in [3.8, 4) is 22.1 Å². The van der Waals surface area contributed by atoms with E-state index in [1.54, 1.807) is 37.3 Å². The monoisotopic (exact) mass is 417 g/mol. The average Bonchev–Trinajstić information content (AvgIpc) is 3.29. The zero-order valence-corrected chi connectivity index (χ0v) is 18.7. The maximum absolute atomic E-state index is 5.41. The van der Waals surface area contributed by atoms with Gasteiger partial charge in [0, 0.05) is 28.9 Å². The number of benzene rings is 1. The molecule has 28 heavy (non-hydrogen) atoms. The molecule has 0 bridgehead atoms. The van der Waals surface area contributed by atoms with E-state index >= 15 is 0 Å². The van der Waals surface area contributed by atoms with E-state index in [1.807, 2.05) is 18.2 Å². The van der Waals surface area contributed by atoms with Crippen LogP contribution in [0.25, 0.3) is 10.6 Å². The number of hydrogen-bond donors (Lipinski definition) is 0. The van der Waals surface area contributed by atoms with Crippen LogP contribution in [0.5, 0.6) is 11.5 Å². The Morgan fingerprint density at radius 3 is 2.61 bits per heavy atom. The van der Waals surface area contributed by atoms with Crippen LogP contribution in [0.1, 0.15) is 36.8 Å². The number of hydrogen-bond acceptors (Lipinski definition) is 6. The molecular weight excluding hydrogens is 390 g/mol. The van der Waals surface area contributed by atoms with Crippen LogP contribution in [0.4, 0.5) is 0 Å². The molecular formula is C21H27N3O2S2. The van der Waals surface area contributed by atoms with E-state index < -0.39 is 0 Å². The molecule has 0 aliphatic rings. The van der Waals surface area contributed by atoms with Gasteiger partial charge in [-0.25, -0.2) is 9.97 Å². The van der Waals surface area contributed by atoms with Crippen LogP contribution < -0.4 is 9.47 Å². The molecule has 0 atom stereocenters. The lowest BCUT2D eigenvalue weighted by Gasteiger charge is -2.08. The standard InChI is InChI=1S/C21H27N3O2S2/c1-6-7-10-24-15(3)14(2)22-21(24)28-13-17-12-27-20(23-17)16-8-9-18(25-4)19(11-16)26-5/h8-9,11-12H,6-7,10,13H2,1-5H3. The minimum absolute atomic E-state index is 0.718. The molecule has 7 heteroatoms. The van der Waals surface area contributed by atoms with Crippen LogP contribution in [0, 0.1) is 13.8 Å². The van der Waals surface area contributed by atoms with Crippen molar-refractivity contribution in [2.24, 2.45) is 0 Å². The third-order valence-corrected chi connectivity index (χ3v) is 6.64. The highest BCUT2D eigenvalue weighted by Crippen LogP contribution is 2.34. The summed E-state index contributed by atoms with van der Waals surface area (Å²) in [5.41, 5.74) is 4.48. The predicted octanol–water partition coefficient (Wildman–Crippen LogP) is 5.73. The second-order valence-electron chi connectivity index (χ2n) is 6.57. The van der Waals surface area contributed by atoms with Crippen molar-refractivity contribution in [3.63, 3.8) is 0 Å². The van der Waals surface area contributed by atoms with Crippen LogP contribution in [0.15, 0.2) is 28.7 Å². The fraction of sp³-hybridized carbons (Fsp3) is 0.429. The Hall–Kier alpha value is -1.99. The SMILES string of the molecule is CCCCn1c(SCc2csc(-c3ccc(OC)c(OC)c3)n2)nc(C)c1C. The molecule has 0 fully saturated rings. The number of nitrogens with zero attached hydrogens (tertiary/aromatic N) is 3. The fourth-order valence-corrected chi connectivity index (χ4v) is 4.86. The molecule has 0 aliphatic carbocycles. The van der Waals surface area contributed by atoms with Gasteiger partial charge in [0.05, 0.1) is 25.6 Å². The van der Waals surface area contributed by atoms with Gasteiger partial charge in [0.1, 0.15) is 5.01 Å². The Labute approximate surface area is 175 Å². The van der Waals surface area contributed by atoms with E-state index in [-0.39, 0.29) is 0 Å². The Kier molecular flexibility index (Phi) is 7.02. The third kappa shape index (κ3) is 4.52. The minimum Gasteiger partial charge on any atom is -0.493 e. The molecule has 0 saturated heterocycles. The first kappa shape index (κ1) is 20.7. The second kappa shape index (κ2) is 9.47. The summed E-state index contributed by atoms with van der Waals surface area (Å²) in [6.45, 7) is 7.48. The summed E-state index contributed by atoms with van der Waals surface area (Å²) in [7, 11) is 3.29. The van der Waals surface area contributed by atoms with Crippen LogP contribution in [0.2, 0.25) is 0 Å². The highest BCUT2D eigenvalue weighted by atomic mass is 32.2. The number of rotatable bonds is 9. The van der Waals surface area contributed by atoms with Crippen LogP contribution in [-0.2, 0) is 12.3 Å². The van der Waals surface area contributed by atoms with E-state index in [0.717, 1.165) is 50.9 Å². The van der Waals surface area contributed by atoms with Crippen molar-refractivity contribution in [2.75, 3.05) is 14.2 Å². The summed E-state index contributed by atoms with van der Waals surface area (Å²) in [6.07, 6.45) is 2.35.